The Bertz CT molecular complexity index is 2070. The summed E-state index contributed by atoms with van der Waals surface area (Å²) in [6.07, 6.45) is -0.402. The van der Waals surface area contributed by atoms with Gasteiger partial charge in [-0.2, -0.15) is 0 Å². The van der Waals surface area contributed by atoms with E-state index in [4.69, 9.17) is 16.3 Å². The van der Waals surface area contributed by atoms with Gasteiger partial charge in [0, 0.05) is 19.6 Å². The van der Waals surface area contributed by atoms with E-state index in [1.54, 1.807) is 0 Å². The molecule has 3 aromatic rings. The maximum Gasteiger partial charge on any atom is 0.547 e. The van der Waals surface area contributed by atoms with Gasteiger partial charge in [-0.3, -0.25) is 23.8 Å². The molecule has 3 aromatic carbocycles. The number of aromatic carboxylic acids is 1. The lowest BCUT2D eigenvalue weighted by molar-refractivity contribution is -0.154. The summed E-state index contributed by atoms with van der Waals surface area (Å²) in [6, 6.07) is 1.23. The minimum absolute atomic E-state index is 0.00357. The first-order valence-electron chi connectivity index (χ1n) is 14.7. The molecular formula is C29H24BClF3N4O13P. The molecule has 2 heterocycles. The summed E-state index contributed by atoms with van der Waals surface area (Å²) in [6.45, 7) is -1.19. The third-order valence-electron chi connectivity index (χ3n) is 8.04. The van der Waals surface area contributed by atoms with Gasteiger partial charge in [0.1, 0.15) is 40.1 Å². The van der Waals surface area contributed by atoms with Gasteiger partial charge < -0.3 is 50.3 Å². The summed E-state index contributed by atoms with van der Waals surface area (Å²) in [5.41, 5.74) is -1.55. The zero-order valence-electron chi connectivity index (χ0n) is 25.9. The van der Waals surface area contributed by atoms with Crippen molar-refractivity contribution < 1.29 is 76.5 Å². The lowest BCUT2D eigenvalue weighted by Gasteiger charge is -2.34. The number of phenols is 2. The molecule has 2 atom stereocenters. The number of carbonyl (C=O) groups excluding carboxylic acids is 4. The van der Waals surface area contributed by atoms with Gasteiger partial charge in [-0.05, 0) is 47.4 Å². The topological polar surface area (TPSA) is 264 Å². The molecule has 5 rings (SSSR count). The molecule has 274 valence electrons. The van der Waals surface area contributed by atoms with E-state index in [-0.39, 0.29) is 29.2 Å². The van der Waals surface area contributed by atoms with Gasteiger partial charge in [0.05, 0.1) is 11.0 Å². The first-order chi connectivity index (χ1) is 24.3. The summed E-state index contributed by atoms with van der Waals surface area (Å²) >= 11 is 6.01. The van der Waals surface area contributed by atoms with Crippen LogP contribution in [0.4, 0.5) is 18.0 Å². The molecule has 2 aliphatic rings. The largest absolute Gasteiger partial charge is 0.547 e. The van der Waals surface area contributed by atoms with Crippen LogP contribution in [0.15, 0.2) is 36.4 Å². The standard InChI is InChI=1S/C29H24BClF3N4O13P/c31-20-12(2-4-17(39)22(20)40)10-37-5-6-38(27(43)26(37)42)29(46)36-21(13-7-15(33)24(16(34)8-13)52(48,49)50)25(41)35-18-9-11-1-3-14(32)19(28(44)45)23(11)51-30(18)47/h1-4,7-8,18,21,39-40,47H,5-6,9-10H2,(H,35,41)(H,36,46)(H,44,45)(H2,48,49,50)/t18-,21?/m0/s1. The molecule has 0 radical (unpaired) electrons. The van der Waals surface area contributed by atoms with Gasteiger partial charge in [-0.15, -0.1) is 0 Å². The smallest absolute Gasteiger partial charge is 0.534 e. The Labute approximate surface area is 294 Å². The second-order valence-corrected chi connectivity index (χ2v) is 13.3. The van der Waals surface area contributed by atoms with Crippen LogP contribution in [0.5, 0.6) is 17.2 Å². The number of nitrogens with one attached hydrogen (secondary N) is 2. The highest BCUT2D eigenvalue weighted by Crippen LogP contribution is 2.38. The number of hydrogen-bond acceptors (Lipinski definition) is 10. The number of hydrogen-bond donors (Lipinski definition) is 8. The molecular weight excluding hydrogens is 747 g/mol. The molecule has 2 aliphatic heterocycles. The van der Waals surface area contributed by atoms with E-state index in [0.29, 0.717) is 17.0 Å². The van der Waals surface area contributed by atoms with E-state index in [2.05, 4.69) is 5.32 Å². The summed E-state index contributed by atoms with van der Waals surface area (Å²) in [5, 5.41) is 41.7. The van der Waals surface area contributed by atoms with Gasteiger partial charge in [-0.25, -0.2) is 22.8 Å². The fourth-order valence-electron chi connectivity index (χ4n) is 5.50. The van der Waals surface area contributed by atoms with Gasteiger partial charge in [0.2, 0.25) is 5.91 Å². The van der Waals surface area contributed by atoms with E-state index in [1.165, 1.54) is 6.07 Å². The van der Waals surface area contributed by atoms with Crippen molar-refractivity contribution in [3.8, 4) is 17.2 Å². The molecule has 1 unspecified atom stereocenters. The number of fused-ring (bicyclic) bond motifs is 1. The lowest BCUT2D eigenvalue weighted by atomic mass is 9.72. The highest BCUT2D eigenvalue weighted by Gasteiger charge is 2.42. The highest BCUT2D eigenvalue weighted by atomic mass is 35.5. The number of nitrogens with zero attached hydrogens (tertiary/aromatic N) is 2. The average Bonchev–Trinajstić information content (AvgIpc) is 3.05. The van der Waals surface area contributed by atoms with Gasteiger partial charge >= 0.3 is 38.5 Å². The van der Waals surface area contributed by atoms with Crippen molar-refractivity contribution in [2.24, 2.45) is 0 Å². The lowest BCUT2D eigenvalue weighted by Crippen LogP contribution is -2.60. The average molecular weight is 771 g/mol. The number of phenolic OH excluding ortho intramolecular Hbond substituents is 2. The number of aromatic hydroxyl groups is 2. The van der Waals surface area contributed by atoms with Crippen LogP contribution in [-0.2, 0) is 31.9 Å². The Morgan fingerprint density at radius 2 is 1.67 bits per heavy atom. The molecule has 8 N–H and O–H groups in total. The van der Waals surface area contributed by atoms with Crippen molar-refractivity contribution in [2.75, 3.05) is 13.1 Å². The Morgan fingerprint density at radius 3 is 2.29 bits per heavy atom. The van der Waals surface area contributed by atoms with Crippen LogP contribution in [0, 0.1) is 17.5 Å². The number of carbonyl (C=O) groups is 5. The van der Waals surface area contributed by atoms with Gasteiger partial charge in [0.25, 0.3) is 0 Å². The molecule has 0 spiro atoms. The monoisotopic (exact) mass is 770 g/mol. The molecule has 17 nitrogen and oxygen atoms in total. The summed E-state index contributed by atoms with van der Waals surface area (Å²) in [5.74, 6) is -13.9. The number of urea groups is 1. The van der Waals surface area contributed by atoms with Crippen LogP contribution in [0.1, 0.15) is 33.1 Å². The Kier molecular flexibility index (Phi) is 10.5. The van der Waals surface area contributed by atoms with Crippen LogP contribution in [0.25, 0.3) is 0 Å². The molecule has 0 saturated carbocycles. The highest BCUT2D eigenvalue weighted by molar-refractivity contribution is 7.60. The number of halogens is 4. The molecule has 1 saturated heterocycles. The molecule has 0 aromatic heterocycles. The molecule has 52 heavy (non-hydrogen) atoms. The van der Waals surface area contributed by atoms with E-state index in [1.807, 2.05) is 5.32 Å². The predicted molar refractivity (Wildman–Crippen MR) is 169 cm³/mol. The normalized spacial score (nSPS) is 16.6. The second-order valence-electron chi connectivity index (χ2n) is 11.4. The Balaban J connectivity index is 1.41. The van der Waals surface area contributed by atoms with Gasteiger partial charge in [0.15, 0.2) is 11.5 Å². The van der Waals surface area contributed by atoms with Crippen LogP contribution < -0.4 is 20.6 Å². The van der Waals surface area contributed by atoms with E-state index in [0.717, 1.165) is 23.1 Å². The summed E-state index contributed by atoms with van der Waals surface area (Å²) in [4.78, 5) is 84.6. The van der Waals surface area contributed by atoms with Crippen LogP contribution in [-0.4, -0.2) is 95.8 Å². The molecule has 23 heteroatoms. The van der Waals surface area contributed by atoms with Crippen molar-refractivity contribution in [3.05, 3.63) is 81.1 Å². The number of rotatable bonds is 8. The van der Waals surface area contributed by atoms with Crippen molar-refractivity contribution in [3.63, 3.8) is 0 Å². The zero-order valence-corrected chi connectivity index (χ0v) is 27.6. The number of piperazine rings is 1. The molecule has 0 bridgehead atoms. The maximum absolute atomic E-state index is 14.9. The molecule has 0 aliphatic carbocycles. The minimum Gasteiger partial charge on any atom is -0.534 e. The van der Waals surface area contributed by atoms with Crippen LogP contribution in [0.3, 0.4) is 0 Å². The Morgan fingerprint density at radius 1 is 1.02 bits per heavy atom. The third-order valence-corrected chi connectivity index (χ3v) is 9.47. The summed E-state index contributed by atoms with van der Waals surface area (Å²) in [7, 11) is -7.59. The van der Waals surface area contributed by atoms with E-state index in [9.17, 15) is 71.8 Å². The molecule has 1 fully saturated rings. The SMILES string of the molecule is O=C(O)c1c(F)ccc2c1OB(O)[C@@H](NC(=O)C(NC(=O)N1CCN(Cc3ccc(O)c(O)c3Cl)C(=O)C1=O)c1cc(F)c(P(=O)(O)O)c(F)c1)C2. The van der Waals surface area contributed by atoms with Gasteiger partial charge in [-0.1, -0.05) is 23.7 Å². The van der Waals surface area contributed by atoms with Crippen molar-refractivity contribution in [1.82, 2.24) is 20.4 Å². The van der Waals surface area contributed by atoms with Crippen molar-refractivity contribution >= 4 is 61.3 Å². The first-order valence-corrected chi connectivity index (χ1v) is 16.6. The fourth-order valence-corrected chi connectivity index (χ4v) is 6.41. The second kappa shape index (κ2) is 14.4. The quantitative estimate of drug-likeness (QED) is 0.0670. The first kappa shape index (κ1) is 37.9. The summed E-state index contributed by atoms with van der Waals surface area (Å²) < 4.78 is 60.8. The van der Waals surface area contributed by atoms with Crippen LogP contribution in [0.2, 0.25) is 5.02 Å². The minimum atomic E-state index is -5.54. The number of carboxylic acid groups (broad SMARTS) is 1. The number of carboxylic acids is 1. The number of benzene rings is 3. The zero-order chi connectivity index (χ0) is 38.4. The van der Waals surface area contributed by atoms with Crippen molar-refractivity contribution in [1.29, 1.82) is 0 Å². The fraction of sp³-hybridized carbons (Fsp3) is 0.207. The Hall–Kier alpha value is -5.34. The van der Waals surface area contributed by atoms with E-state index < -0.39 is 121 Å². The van der Waals surface area contributed by atoms with E-state index >= 15 is 0 Å². The predicted octanol–water partition coefficient (Wildman–Crippen LogP) is 0.431. The number of amides is 5. The third kappa shape index (κ3) is 7.35. The number of imide groups is 1. The molecule has 5 amide bonds. The van der Waals surface area contributed by atoms with Crippen molar-refractivity contribution in [2.45, 2.75) is 24.9 Å². The van der Waals surface area contributed by atoms with Crippen LogP contribution >= 0.6 is 19.2 Å². The maximum atomic E-state index is 14.9.